The van der Waals surface area contributed by atoms with Crippen LogP contribution in [0, 0.1) is 11.3 Å². The third kappa shape index (κ3) is 1.52. The average Bonchev–Trinajstić information content (AvgIpc) is 2.33. The van der Waals surface area contributed by atoms with Crippen LogP contribution in [0.25, 0.3) is 10.8 Å². The zero-order chi connectivity index (χ0) is 11.7. The topological polar surface area (TPSA) is 23.8 Å². The predicted octanol–water partition coefficient (Wildman–Crippen LogP) is 4.18. The normalized spacial score (nSPS) is 17.4. The molecular formula is C16H15N. The van der Waals surface area contributed by atoms with Crippen molar-refractivity contribution in [3.05, 3.63) is 48.0 Å². The smallest absolute Gasteiger partial charge is 0.0631 e. The molecule has 0 aliphatic heterocycles. The molecule has 0 N–H and O–H groups in total. The lowest BCUT2D eigenvalue weighted by Gasteiger charge is -2.41. The first kappa shape index (κ1) is 10.4. The highest BCUT2D eigenvalue weighted by atomic mass is 14.4. The van der Waals surface area contributed by atoms with Gasteiger partial charge in [-0.3, -0.25) is 0 Å². The summed E-state index contributed by atoms with van der Waals surface area (Å²) in [6, 6.07) is 17.3. The monoisotopic (exact) mass is 221 g/mol. The molecule has 17 heavy (non-hydrogen) atoms. The van der Waals surface area contributed by atoms with Crippen molar-refractivity contribution in [2.45, 2.75) is 31.1 Å². The molecular weight excluding hydrogens is 206 g/mol. The van der Waals surface area contributed by atoms with Crippen molar-refractivity contribution in [1.82, 2.24) is 0 Å². The largest absolute Gasteiger partial charge is 0.198 e. The Kier molecular flexibility index (Phi) is 2.37. The maximum absolute atomic E-state index is 9.05. The summed E-state index contributed by atoms with van der Waals surface area (Å²) in [5, 5.41) is 11.7. The van der Waals surface area contributed by atoms with Gasteiger partial charge in [0.2, 0.25) is 0 Å². The number of hydrogen-bond donors (Lipinski definition) is 0. The van der Waals surface area contributed by atoms with Gasteiger partial charge in [0.25, 0.3) is 0 Å². The van der Waals surface area contributed by atoms with Crippen LogP contribution in [0.1, 0.15) is 31.2 Å². The summed E-state index contributed by atoms with van der Waals surface area (Å²) in [6.45, 7) is 0. The Morgan fingerprint density at radius 1 is 1.06 bits per heavy atom. The van der Waals surface area contributed by atoms with E-state index in [0.29, 0.717) is 6.42 Å². The minimum absolute atomic E-state index is 0.135. The van der Waals surface area contributed by atoms with Crippen LogP contribution in [-0.4, -0.2) is 0 Å². The van der Waals surface area contributed by atoms with Crippen LogP contribution in [0.2, 0.25) is 0 Å². The molecule has 3 rings (SSSR count). The number of benzene rings is 2. The molecule has 0 heterocycles. The van der Waals surface area contributed by atoms with Crippen molar-refractivity contribution < 1.29 is 0 Å². The van der Waals surface area contributed by atoms with E-state index in [4.69, 9.17) is 5.26 Å². The van der Waals surface area contributed by atoms with Gasteiger partial charge in [0, 0.05) is 11.8 Å². The van der Waals surface area contributed by atoms with E-state index in [2.05, 4.69) is 48.5 Å². The lowest BCUT2D eigenvalue weighted by molar-refractivity contribution is 0.251. The minimum atomic E-state index is 0.135. The van der Waals surface area contributed by atoms with Crippen LogP contribution in [0.3, 0.4) is 0 Å². The molecule has 0 saturated heterocycles. The van der Waals surface area contributed by atoms with Crippen LogP contribution in [0.4, 0.5) is 0 Å². The van der Waals surface area contributed by atoms with Gasteiger partial charge in [-0.05, 0) is 29.2 Å². The molecule has 0 bridgehead atoms. The number of nitrogens with zero attached hydrogens (tertiary/aromatic N) is 1. The highest BCUT2D eigenvalue weighted by molar-refractivity contribution is 5.86. The molecule has 84 valence electrons. The summed E-state index contributed by atoms with van der Waals surface area (Å²) in [5.41, 5.74) is 1.51. The Hall–Kier alpha value is -1.81. The lowest BCUT2D eigenvalue weighted by atomic mass is 9.62. The van der Waals surface area contributed by atoms with E-state index in [1.165, 1.54) is 22.8 Å². The van der Waals surface area contributed by atoms with Crippen molar-refractivity contribution in [1.29, 1.82) is 5.26 Å². The predicted molar refractivity (Wildman–Crippen MR) is 69.7 cm³/mol. The van der Waals surface area contributed by atoms with Gasteiger partial charge in [-0.1, -0.05) is 48.9 Å². The third-order valence-corrected chi connectivity index (χ3v) is 4.09. The number of rotatable bonds is 2. The fraction of sp³-hybridized carbons (Fsp3) is 0.312. The molecule has 2 aromatic carbocycles. The standard InChI is InChI=1S/C16H15N/c17-12-11-16(9-4-10-16)15-8-3-6-13-5-1-2-7-14(13)15/h1-3,5-8H,4,9-11H2. The van der Waals surface area contributed by atoms with Gasteiger partial charge < -0.3 is 0 Å². The van der Waals surface area contributed by atoms with Crippen molar-refractivity contribution in [2.24, 2.45) is 0 Å². The van der Waals surface area contributed by atoms with Gasteiger partial charge in [0.05, 0.1) is 6.07 Å². The molecule has 1 nitrogen and oxygen atoms in total. The van der Waals surface area contributed by atoms with Crippen LogP contribution >= 0.6 is 0 Å². The van der Waals surface area contributed by atoms with Gasteiger partial charge in [0.15, 0.2) is 0 Å². The van der Waals surface area contributed by atoms with E-state index < -0.39 is 0 Å². The highest BCUT2D eigenvalue weighted by Gasteiger charge is 2.39. The highest BCUT2D eigenvalue weighted by Crippen LogP contribution is 2.48. The zero-order valence-corrected chi connectivity index (χ0v) is 9.82. The summed E-state index contributed by atoms with van der Waals surface area (Å²) in [6.07, 6.45) is 4.23. The van der Waals surface area contributed by atoms with Crippen LogP contribution in [0.5, 0.6) is 0 Å². The number of nitriles is 1. The van der Waals surface area contributed by atoms with Gasteiger partial charge in [-0.2, -0.15) is 5.26 Å². The van der Waals surface area contributed by atoms with Crippen molar-refractivity contribution in [3.63, 3.8) is 0 Å². The Bertz CT molecular complexity index is 582. The molecule has 0 amide bonds. The second-order valence-electron chi connectivity index (χ2n) is 5.00. The van der Waals surface area contributed by atoms with Gasteiger partial charge in [0.1, 0.15) is 0 Å². The van der Waals surface area contributed by atoms with E-state index in [1.807, 2.05) is 0 Å². The molecule has 0 atom stereocenters. The number of fused-ring (bicyclic) bond motifs is 1. The van der Waals surface area contributed by atoms with Crippen molar-refractivity contribution >= 4 is 10.8 Å². The summed E-state index contributed by atoms with van der Waals surface area (Å²) >= 11 is 0. The Labute approximate surface area is 102 Å². The Morgan fingerprint density at radius 3 is 2.53 bits per heavy atom. The molecule has 1 aliphatic carbocycles. The Balaban J connectivity index is 2.20. The second kappa shape index (κ2) is 3.89. The maximum atomic E-state index is 9.05. The molecule has 1 heteroatoms. The molecule has 0 aromatic heterocycles. The summed E-state index contributed by atoms with van der Waals surface area (Å²) in [5.74, 6) is 0. The molecule has 1 aliphatic rings. The molecule has 2 aromatic rings. The molecule has 1 fully saturated rings. The van der Waals surface area contributed by atoms with E-state index in [9.17, 15) is 0 Å². The molecule has 0 unspecified atom stereocenters. The quantitative estimate of drug-likeness (QED) is 0.746. The minimum Gasteiger partial charge on any atom is -0.198 e. The van der Waals surface area contributed by atoms with Gasteiger partial charge in [-0.15, -0.1) is 0 Å². The van der Waals surface area contributed by atoms with E-state index in [-0.39, 0.29) is 5.41 Å². The lowest BCUT2D eigenvalue weighted by Crippen LogP contribution is -2.33. The van der Waals surface area contributed by atoms with Crippen LogP contribution < -0.4 is 0 Å². The van der Waals surface area contributed by atoms with E-state index in [1.54, 1.807) is 0 Å². The summed E-state index contributed by atoms with van der Waals surface area (Å²) in [7, 11) is 0. The third-order valence-electron chi connectivity index (χ3n) is 4.09. The average molecular weight is 221 g/mol. The summed E-state index contributed by atoms with van der Waals surface area (Å²) < 4.78 is 0. The van der Waals surface area contributed by atoms with Gasteiger partial charge >= 0.3 is 0 Å². The van der Waals surface area contributed by atoms with E-state index in [0.717, 1.165) is 12.8 Å². The second-order valence-corrected chi connectivity index (χ2v) is 5.00. The van der Waals surface area contributed by atoms with Crippen molar-refractivity contribution in [2.75, 3.05) is 0 Å². The molecule has 0 spiro atoms. The van der Waals surface area contributed by atoms with Crippen molar-refractivity contribution in [3.8, 4) is 6.07 Å². The Morgan fingerprint density at radius 2 is 1.82 bits per heavy atom. The first-order valence-electron chi connectivity index (χ1n) is 6.21. The summed E-state index contributed by atoms with van der Waals surface area (Å²) in [4.78, 5) is 0. The van der Waals surface area contributed by atoms with Crippen LogP contribution in [-0.2, 0) is 5.41 Å². The molecule has 1 saturated carbocycles. The fourth-order valence-corrected chi connectivity index (χ4v) is 2.98. The van der Waals surface area contributed by atoms with Crippen LogP contribution in [0.15, 0.2) is 42.5 Å². The number of hydrogen-bond acceptors (Lipinski definition) is 1. The molecule has 0 radical (unpaired) electrons. The first-order chi connectivity index (χ1) is 8.36. The first-order valence-corrected chi connectivity index (χ1v) is 6.21. The SMILES string of the molecule is N#CCC1(c2cccc3ccccc23)CCC1. The fourth-order valence-electron chi connectivity index (χ4n) is 2.98. The maximum Gasteiger partial charge on any atom is 0.0631 e. The van der Waals surface area contributed by atoms with E-state index >= 15 is 0 Å². The zero-order valence-electron chi connectivity index (χ0n) is 9.82. The van der Waals surface area contributed by atoms with Gasteiger partial charge in [-0.25, -0.2) is 0 Å².